The Bertz CT molecular complexity index is 1150. The molecular weight excluding hydrogens is 377 g/mol. The lowest BCUT2D eigenvalue weighted by Gasteiger charge is -2.05. The number of thioether (sulfide) groups is 1. The number of aromatic nitrogens is 2. The normalized spacial score (nSPS) is 10.9. The summed E-state index contributed by atoms with van der Waals surface area (Å²) < 4.78 is 19.3. The molecule has 1 N–H and O–H groups in total. The number of carbonyl (C=O) groups excluding carboxylic acids is 1. The van der Waals surface area contributed by atoms with Crippen molar-refractivity contribution in [2.75, 3.05) is 11.1 Å². The van der Waals surface area contributed by atoms with Gasteiger partial charge >= 0.3 is 0 Å². The van der Waals surface area contributed by atoms with Gasteiger partial charge in [-0.15, -0.1) is 10.2 Å². The Balaban J connectivity index is 1.43. The number of hydrogen-bond acceptors (Lipinski definition) is 5. The molecule has 0 saturated carbocycles. The Morgan fingerprint density at radius 2 is 1.93 bits per heavy atom. The van der Waals surface area contributed by atoms with Crippen molar-refractivity contribution in [3.05, 3.63) is 72.0 Å². The molecule has 0 spiro atoms. The number of hydrogen-bond donors (Lipinski definition) is 1. The summed E-state index contributed by atoms with van der Waals surface area (Å²) in [5.74, 6) is -0.160. The van der Waals surface area contributed by atoms with Crippen molar-refractivity contribution in [1.29, 1.82) is 0 Å². The largest absolute Gasteiger partial charge is 0.411 e. The lowest BCUT2D eigenvalue weighted by atomic mass is 10.0. The first-order chi connectivity index (χ1) is 13.6. The van der Waals surface area contributed by atoms with Crippen LogP contribution in [0.15, 0.2) is 70.3 Å². The summed E-state index contributed by atoms with van der Waals surface area (Å²) in [6.07, 6.45) is 0. The van der Waals surface area contributed by atoms with Crippen LogP contribution < -0.4 is 5.32 Å². The maximum absolute atomic E-state index is 13.6. The maximum Gasteiger partial charge on any atom is 0.277 e. The average molecular weight is 393 g/mol. The summed E-state index contributed by atoms with van der Waals surface area (Å²) in [6.45, 7) is 1.67. The summed E-state index contributed by atoms with van der Waals surface area (Å²) >= 11 is 1.13. The van der Waals surface area contributed by atoms with Gasteiger partial charge in [0.1, 0.15) is 5.82 Å². The van der Waals surface area contributed by atoms with Gasteiger partial charge in [-0.05, 0) is 41.5 Å². The SMILES string of the molecule is Cc1ccc(NC(=O)CSc2nnc(-c3cccc4ccccc34)o2)cc1F. The second-order valence-electron chi connectivity index (χ2n) is 6.20. The van der Waals surface area contributed by atoms with E-state index in [2.05, 4.69) is 15.5 Å². The fourth-order valence-corrected chi connectivity index (χ4v) is 3.35. The van der Waals surface area contributed by atoms with E-state index in [-0.39, 0.29) is 17.5 Å². The van der Waals surface area contributed by atoms with E-state index in [1.54, 1.807) is 19.1 Å². The van der Waals surface area contributed by atoms with Crippen molar-refractivity contribution in [3.8, 4) is 11.5 Å². The number of halogens is 1. The molecule has 0 saturated heterocycles. The van der Waals surface area contributed by atoms with E-state index in [4.69, 9.17) is 4.42 Å². The molecule has 0 aliphatic carbocycles. The molecule has 0 aliphatic rings. The van der Waals surface area contributed by atoms with E-state index >= 15 is 0 Å². The number of anilines is 1. The van der Waals surface area contributed by atoms with Crippen LogP contribution in [0.1, 0.15) is 5.56 Å². The van der Waals surface area contributed by atoms with Gasteiger partial charge in [0.25, 0.3) is 5.22 Å². The van der Waals surface area contributed by atoms with Gasteiger partial charge in [-0.2, -0.15) is 0 Å². The van der Waals surface area contributed by atoms with Crippen LogP contribution in [0, 0.1) is 12.7 Å². The number of carbonyl (C=O) groups is 1. The van der Waals surface area contributed by atoms with E-state index in [9.17, 15) is 9.18 Å². The van der Waals surface area contributed by atoms with Crippen LogP contribution in [-0.2, 0) is 4.79 Å². The highest BCUT2D eigenvalue weighted by atomic mass is 32.2. The van der Waals surface area contributed by atoms with Crippen LogP contribution in [0.25, 0.3) is 22.2 Å². The van der Waals surface area contributed by atoms with Crippen LogP contribution in [0.5, 0.6) is 0 Å². The van der Waals surface area contributed by atoms with Gasteiger partial charge in [-0.25, -0.2) is 4.39 Å². The van der Waals surface area contributed by atoms with Gasteiger partial charge < -0.3 is 9.73 Å². The van der Waals surface area contributed by atoms with Gasteiger partial charge in [0.15, 0.2) is 0 Å². The molecule has 1 amide bonds. The third-order valence-electron chi connectivity index (χ3n) is 4.21. The smallest absolute Gasteiger partial charge is 0.277 e. The van der Waals surface area contributed by atoms with Gasteiger partial charge in [0.05, 0.1) is 5.75 Å². The van der Waals surface area contributed by atoms with Crippen molar-refractivity contribution in [3.63, 3.8) is 0 Å². The molecule has 140 valence electrons. The monoisotopic (exact) mass is 393 g/mol. The predicted octanol–water partition coefficient (Wildman–Crippen LogP) is 5.07. The minimum absolute atomic E-state index is 0.0761. The zero-order valence-corrected chi connectivity index (χ0v) is 15.8. The Morgan fingerprint density at radius 1 is 1.11 bits per heavy atom. The quantitative estimate of drug-likeness (QED) is 0.480. The second-order valence-corrected chi connectivity index (χ2v) is 7.13. The zero-order valence-electron chi connectivity index (χ0n) is 15.0. The third kappa shape index (κ3) is 3.89. The minimum Gasteiger partial charge on any atom is -0.411 e. The highest BCUT2D eigenvalue weighted by Crippen LogP contribution is 2.29. The average Bonchev–Trinajstić information content (AvgIpc) is 3.18. The molecule has 4 rings (SSSR count). The Morgan fingerprint density at radius 3 is 2.79 bits per heavy atom. The number of fused-ring (bicyclic) bond motifs is 1. The standard InChI is InChI=1S/C21H16FN3O2S/c1-13-9-10-15(11-18(13)22)23-19(26)12-28-21-25-24-20(27-21)17-8-4-6-14-5-2-3-7-16(14)17/h2-11H,12H2,1H3,(H,23,26). The number of amides is 1. The molecule has 1 aromatic heterocycles. The van der Waals surface area contributed by atoms with Crippen molar-refractivity contribution in [2.45, 2.75) is 12.1 Å². The van der Waals surface area contributed by atoms with Crippen LogP contribution in [-0.4, -0.2) is 21.9 Å². The molecular formula is C21H16FN3O2S. The first kappa shape index (κ1) is 18.2. The van der Waals surface area contributed by atoms with Crippen molar-refractivity contribution < 1.29 is 13.6 Å². The number of nitrogens with zero attached hydrogens (tertiary/aromatic N) is 2. The van der Waals surface area contributed by atoms with Crippen LogP contribution >= 0.6 is 11.8 Å². The van der Waals surface area contributed by atoms with E-state index < -0.39 is 0 Å². The number of aryl methyl sites for hydroxylation is 1. The van der Waals surface area contributed by atoms with E-state index in [0.29, 0.717) is 22.4 Å². The van der Waals surface area contributed by atoms with Crippen LogP contribution in [0.2, 0.25) is 0 Å². The van der Waals surface area contributed by atoms with Crippen LogP contribution in [0.3, 0.4) is 0 Å². The van der Waals surface area contributed by atoms with Gasteiger partial charge in [0, 0.05) is 11.3 Å². The molecule has 0 radical (unpaired) electrons. The fraction of sp³-hybridized carbons (Fsp3) is 0.0952. The van der Waals surface area contributed by atoms with Gasteiger partial charge in [-0.3, -0.25) is 4.79 Å². The molecule has 0 aliphatic heterocycles. The summed E-state index contributed by atoms with van der Waals surface area (Å²) in [7, 11) is 0. The molecule has 7 heteroatoms. The lowest BCUT2D eigenvalue weighted by Crippen LogP contribution is -2.14. The summed E-state index contributed by atoms with van der Waals surface area (Å²) in [6, 6.07) is 18.4. The van der Waals surface area contributed by atoms with Gasteiger partial charge in [-0.1, -0.05) is 54.2 Å². The summed E-state index contributed by atoms with van der Waals surface area (Å²) in [5, 5.41) is 13.2. The third-order valence-corrected chi connectivity index (χ3v) is 5.03. The molecule has 1 heterocycles. The molecule has 0 unspecified atom stereocenters. The molecule has 5 nitrogen and oxygen atoms in total. The van der Waals surface area contributed by atoms with Crippen molar-refractivity contribution in [2.24, 2.45) is 0 Å². The van der Waals surface area contributed by atoms with Crippen LogP contribution in [0.4, 0.5) is 10.1 Å². The molecule has 0 atom stereocenters. The lowest BCUT2D eigenvalue weighted by molar-refractivity contribution is -0.113. The highest BCUT2D eigenvalue weighted by molar-refractivity contribution is 7.99. The van der Waals surface area contributed by atoms with Crippen molar-refractivity contribution >= 4 is 34.1 Å². The number of benzene rings is 3. The molecule has 4 aromatic rings. The van der Waals surface area contributed by atoms with Gasteiger partial charge in [0.2, 0.25) is 11.8 Å². The second kappa shape index (κ2) is 7.82. The predicted molar refractivity (Wildman–Crippen MR) is 108 cm³/mol. The first-order valence-electron chi connectivity index (χ1n) is 8.60. The molecule has 28 heavy (non-hydrogen) atoms. The van der Waals surface area contributed by atoms with E-state index in [0.717, 1.165) is 28.1 Å². The number of nitrogens with one attached hydrogen (secondary N) is 1. The molecule has 0 fully saturated rings. The molecule has 3 aromatic carbocycles. The Labute approximate surface area is 165 Å². The highest BCUT2D eigenvalue weighted by Gasteiger charge is 2.13. The minimum atomic E-state index is -0.359. The Hall–Kier alpha value is -3.19. The van der Waals surface area contributed by atoms with Crippen molar-refractivity contribution in [1.82, 2.24) is 10.2 Å². The van der Waals surface area contributed by atoms with E-state index in [1.807, 2.05) is 42.5 Å². The maximum atomic E-state index is 13.6. The molecule has 0 bridgehead atoms. The number of rotatable bonds is 5. The van der Waals surface area contributed by atoms with E-state index in [1.165, 1.54) is 6.07 Å². The Kier molecular flexibility index (Phi) is 5.08. The zero-order chi connectivity index (χ0) is 19.5. The topological polar surface area (TPSA) is 68.0 Å². The summed E-state index contributed by atoms with van der Waals surface area (Å²) in [4.78, 5) is 12.1. The first-order valence-corrected chi connectivity index (χ1v) is 9.59. The fourth-order valence-electron chi connectivity index (χ4n) is 2.78. The summed E-state index contributed by atoms with van der Waals surface area (Å²) in [5.41, 5.74) is 1.78.